The zero-order valence-corrected chi connectivity index (χ0v) is 12.6. The van der Waals surface area contributed by atoms with Crippen LogP contribution in [0.1, 0.15) is 12.0 Å². The average Bonchev–Trinajstić information content (AvgIpc) is 2.55. The molecule has 0 radical (unpaired) electrons. The number of aliphatic hydroxyl groups is 4. The molecule has 24 heavy (non-hydrogen) atoms. The quantitative estimate of drug-likeness (QED) is 0.365. The minimum atomic E-state index is -1.61. The van der Waals surface area contributed by atoms with Gasteiger partial charge < -0.3 is 40.1 Å². The van der Waals surface area contributed by atoms with Crippen molar-refractivity contribution in [2.75, 3.05) is 6.61 Å². The number of carboxylic acid groups (broad SMARTS) is 1. The number of aryl methyl sites for hydroxylation is 1. The molecule has 1 aliphatic heterocycles. The first-order valence-corrected chi connectivity index (χ1v) is 7.35. The first-order chi connectivity index (χ1) is 11.3. The molecular weight excluding hydrogens is 324 g/mol. The summed E-state index contributed by atoms with van der Waals surface area (Å²) in [5, 5.41) is 57.3. The topological polar surface area (TPSA) is 157 Å². The molecule has 1 fully saturated rings. The van der Waals surface area contributed by atoms with E-state index in [0.29, 0.717) is 5.56 Å². The molecule has 0 saturated carbocycles. The summed E-state index contributed by atoms with van der Waals surface area (Å²) >= 11 is 0. The van der Waals surface area contributed by atoms with Gasteiger partial charge in [0.05, 0.1) is 6.61 Å². The van der Waals surface area contributed by atoms with Crippen LogP contribution in [-0.4, -0.2) is 73.9 Å². The van der Waals surface area contributed by atoms with Gasteiger partial charge in [0, 0.05) is 6.42 Å². The number of phenolic OH excluding ortho intramolecular Hbond substituents is 1. The summed E-state index contributed by atoms with van der Waals surface area (Å²) in [5.41, 5.74) is 0.333. The standard InChI is InChI=1S/C15H20O9/c16-6-9-12(20)13(21)14(22)15(24-9)23-8-3-1-2-7(11(8)19)4-5-10(17)18/h1-3,9,12-16,19-22H,4-6H2,(H,17,18)/t9-,12-,13+,14-,15-/m1/s1. The third-order valence-electron chi connectivity index (χ3n) is 3.78. The van der Waals surface area contributed by atoms with E-state index in [1.165, 1.54) is 18.2 Å². The Morgan fingerprint density at radius 3 is 2.50 bits per heavy atom. The van der Waals surface area contributed by atoms with Gasteiger partial charge in [0.1, 0.15) is 24.4 Å². The fourth-order valence-electron chi connectivity index (χ4n) is 2.40. The first-order valence-electron chi connectivity index (χ1n) is 7.35. The van der Waals surface area contributed by atoms with Crippen LogP contribution in [-0.2, 0) is 16.0 Å². The minimum Gasteiger partial charge on any atom is -0.504 e. The molecule has 9 nitrogen and oxygen atoms in total. The van der Waals surface area contributed by atoms with Gasteiger partial charge in [0.2, 0.25) is 6.29 Å². The first kappa shape index (κ1) is 18.4. The second-order valence-corrected chi connectivity index (χ2v) is 5.47. The van der Waals surface area contributed by atoms with Gasteiger partial charge in [-0.15, -0.1) is 0 Å². The van der Waals surface area contributed by atoms with E-state index in [2.05, 4.69) is 0 Å². The molecular formula is C15H20O9. The molecule has 1 aromatic carbocycles. The molecule has 1 aliphatic rings. The van der Waals surface area contributed by atoms with Crippen LogP contribution in [0.5, 0.6) is 11.5 Å². The molecule has 0 bridgehead atoms. The van der Waals surface area contributed by atoms with E-state index < -0.39 is 43.3 Å². The van der Waals surface area contributed by atoms with Gasteiger partial charge in [-0.05, 0) is 18.1 Å². The maximum absolute atomic E-state index is 10.6. The Hall–Kier alpha value is -1.91. The van der Waals surface area contributed by atoms with Crippen molar-refractivity contribution in [3.8, 4) is 11.5 Å². The van der Waals surface area contributed by atoms with Gasteiger partial charge in [-0.25, -0.2) is 0 Å². The minimum absolute atomic E-state index is 0.0764. The monoisotopic (exact) mass is 344 g/mol. The number of benzene rings is 1. The van der Waals surface area contributed by atoms with Crippen molar-refractivity contribution < 1.29 is 44.9 Å². The fourth-order valence-corrected chi connectivity index (χ4v) is 2.40. The number of aliphatic carboxylic acids is 1. The predicted molar refractivity (Wildman–Crippen MR) is 78.5 cm³/mol. The van der Waals surface area contributed by atoms with Crippen LogP contribution < -0.4 is 4.74 Å². The summed E-state index contributed by atoms with van der Waals surface area (Å²) in [6.07, 6.45) is -7.39. The third-order valence-corrected chi connectivity index (χ3v) is 3.78. The predicted octanol–water partition coefficient (Wildman–Crippen LogP) is -1.41. The molecule has 0 amide bonds. The molecule has 9 heteroatoms. The van der Waals surface area contributed by atoms with E-state index in [1.54, 1.807) is 0 Å². The van der Waals surface area contributed by atoms with Gasteiger partial charge in [-0.2, -0.15) is 0 Å². The van der Waals surface area contributed by atoms with Crippen LogP contribution in [0.25, 0.3) is 0 Å². The van der Waals surface area contributed by atoms with Crippen molar-refractivity contribution in [3.05, 3.63) is 23.8 Å². The summed E-state index contributed by atoms with van der Waals surface area (Å²) in [4.78, 5) is 10.6. The zero-order chi connectivity index (χ0) is 17.9. The zero-order valence-electron chi connectivity index (χ0n) is 12.6. The largest absolute Gasteiger partial charge is 0.504 e. The Kier molecular flexibility index (Phi) is 5.97. The van der Waals surface area contributed by atoms with Gasteiger partial charge in [0.25, 0.3) is 0 Å². The van der Waals surface area contributed by atoms with E-state index in [1.807, 2.05) is 0 Å². The number of phenols is 1. The SMILES string of the molecule is O=C(O)CCc1cccc(O[C@@H]2O[C@H](CO)[C@@H](O)[C@H](O)[C@H]2O)c1O. The average molecular weight is 344 g/mol. The van der Waals surface area contributed by atoms with Crippen molar-refractivity contribution in [3.63, 3.8) is 0 Å². The van der Waals surface area contributed by atoms with Crippen LogP contribution in [0, 0.1) is 0 Å². The van der Waals surface area contributed by atoms with E-state index in [4.69, 9.17) is 19.7 Å². The van der Waals surface area contributed by atoms with Crippen LogP contribution in [0.2, 0.25) is 0 Å². The van der Waals surface area contributed by atoms with Gasteiger partial charge in [0.15, 0.2) is 11.5 Å². The van der Waals surface area contributed by atoms with Crippen molar-refractivity contribution in [2.45, 2.75) is 43.5 Å². The molecule has 0 spiro atoms. The summed E-state index contributed by atoms with van der Waals surface area (Å²) in [6.45, 7) is -0.602. The Balaban J connectivity index is 2.15. The Morgan fingerprint density at radius 2 is 1.88 bits per heavy atom. The van der Waals surface area contributed by atoms with E-state index in [9.17, 15) is 25.2 Å². The molecule has 1 aromatic rings. The van der Waals surface area contributed by atoms with E-state index >= 15 is 0 Å². The summed E-state index contributed by atoms with van der Waals surface area (Å²) < 4.78 is 10.5. The highest BCUT2D eigenvalue weighted by atomic mass is 16.7. The lowest BCUT2D eigenvalue weighted by Gasteiger charge is -2.39. The smallest absolute Gasteiger partial charge is 0.303 e. The molecule has 0 aliphatic carbocycles. The van der Waals surface area contributed by atoms with E-state index in [0.717, 1.165) is 0 Å². The van der Waals surface area contributed by atoms with Crippen LogP contribution >= 0.6 is 0 Å². The van der Waals surface area contributed by atoms with Crippen LogP contribution in [0.4, 0.5) is 0 Å². The van der Waals surface area contributed by atoms with Gasteiger partial charge in [-0.1, -0.05) is 12.1 Å². The second kappa shape index (κ2) is 7.77. The van der Waals surface area contributed by atoms with Crippen molar-refractivity contribution in [1.29, 1.82) is 0 Å². The summed E-state index contributed by atoms with van der Waals surface area (Å²) in [6, 6.07) is 4.43. The number of hydrogen-bond acceptors (Lipinski definition) is 8. The molecule has 6 N–H and O–H groups in total. The van der Waals surface area contributed by atoms with Crippen molar-refractivity contribution in [2.24, 2.45) is 0 Å². The summed E-state index contributed by atoms with van der Waals surface area (Å²) in [7, 11) is 0. The maximum Gasteiger partial charge on any atom is 0.303 e. The van der Waals surface area contributed by atoms with Crippen molar-refractivity contribution in [1.82, 2.24) is 0 Å². The van der Waals surface area contributed by atoms with Gasteiger partial charge in [-0.3, -0.25) is 4.79 Å². The molecule has 2 rings (SSSR count). The number of para-hydroxylation sites is 1. The highest BCUT2D eigenvalue weighted by Crippen LogP contribution is 2.33. The number of rotatable bonds is 6. The lowest BCUT2D eigenvalue weighted by molar-refractivity contribution is -0.277. The highest BCUT2D eigenvalue weighted by molar-refractivity contribution is 5.67. The Morgan fingerprint density at radius 1 is 1.17 bits per heavy atom. The fraction of sp³-hybridized carbons (Fsp3) is 0.533. The summed E-state index contributed by atoms with van der Waals surface area (Å²) in [5.74, 6) is -1.41. The number of aromatic hydroxyl groups is 1. The Labute approximate surface area is 137 Å². The lowest BCUT2D eigenvalue weighted by atomic mass is 9.99. The highest BCUT2D eigenvalue weighted by Gasteiger charge is 2.44. The van der Waals surface area contributed by atoms with Crippen LogP contribution in [0.3, 0.4) is 0 Å². The number of carboxylic acids is 1. The molecule has 0 aromatic heterocycles. The third kappa shape index (κ3) is 3.94. The number of hydrogen-bond donors (Lipinski definition) is 6. The number of ether oxygens (including phenoxy) is 2. The lowest BCUT2D eigenvalue weighted by Crippen LogP contribution is -2.60. The molecule has 1 heterocycles. The normalized spacial score (nSPS) is 30.1. The number of carbonyl (C=O) groups is 1. The Bertz CT molecular complexity index is 574. The van der Waals surface area contributed by atoms with Crippen molar-refractivity contribution >= 4 is 5.97 Å². The number of aliphatic hydroxyl groups excluding tert-OH is 4. The van der Waals surface area contributed by atoms with Gasteiger partial charge >= 0.3 is 5.97 Å². The second-order valence-electron chi connectivity index (χ2n) is 5.47. The molecule has 1 saturated heterocycles. The van der Waals surface area contributed by atoms with E-state index in [-0.39, 0.29) is 24.3 Å². The molecule has 0 unspecified atom stereocenters. The van der Waals surface area contributed by atoms with Crippen LogP contribution in [0.15, 0.2) is 18.2 Å². The molecule has 134 valence electrons. The molecule has 5 atom stereocenters. The maximum atomic E-state index is 10.6.